The summed E-state index contributed by atoms with van der Waals surface area (Å²) in [5.41, 5.74) is 3.22. The first-order chi connectivity index (χ1) is 14.3. The molecular formula is C23H27FN2O3S. The number of sulfonamides is 1. The molecule has 0 unspecified atom stereocenters. The summed E-state index contributed by atoms with van der Waals surface area (Å²) in [7, 11) is -3.85. The Hall–Kier alpha value is -2.51. The Balaban J connectivity index is 1.75. The van der Waals surface area contributed by atoms with E-state index in [0.29, 0.717) is 12.1 Å². The van der Waals surface area contributed by atoms with E-state index in [2.05, 4.69) is 16.1 Å². The van der Waals surface area contributed by atoms with E-state index in [1.807, 2.05) is 32.0 Å². The SMILES string of the molecule is Cc1cccc(C)c1NC(=O)c1cc(S(=O)(=O)NCCC2=CCCCC2)ccc1F. The summed E-state index contributed by atoms with van der Waals surface area (Å²) in [4.78, 5) is 12.5. The van der Waals surface area contributed by atoms with Gasteiger partial charge in [0.05, 0.1) is 10.5 Å². The fraction of sp³-hybridized carbons (Fsp3) is 0.348. The fourth-order valence-electron chi connectivity index (χ4n) is 3.60. The molecule has 3 rings (SSSR count). The Morgan fingerprint density at radius 2 is 1.83 bits per heavy atom. The monoisotopic (exact) mass is 430 g/mol. The van der Waals surface area contributed by atoms with E-state index >= 15 is 0 Å². The van der Waals surface area contributed by atoms with Crippen molar-refractivity contribution >= 4 is 21.6 Å². The van der Waals surface area contributed by atoms with Crippen molar-refractivity contribution < 1.29 is 17.6 Å². The number of carbonyl (C=O) groups is 1. The fourth-order valence-corrected chi connectivity index (χ4v) is 4.66. The molecule has 2 aromatic rings. The Labute approximate surface area is 177 Å². The van der Waals surface area contributed by atoms with Crippen LogP contribution >= 0.6 is 0 Å². The van der Waals surface area contributed by atoms with Gasteiger partial charge in [-0.3, -0.25) is 4.79 Å². The second kappa shape index (κ2) is 9.53. The number of carbonyl (C=O) groups excluding carboxylic acids is 1. The molecule has 0 radical (unpaired) electrons. The van der Waals surface area contributed by atoms with E-state index in [-0.39, 0.29) is 17.0 Å². The van der Waals surface area contributed by atoms with Crippen molar-refractivity contribution in [3.63, 3.8) is 0 Å². The molecule has 0 atom stereocenters. The van der Waals surface area contributed by atoms with E-state index < -0.39 is 21.7 Å². The molecule has 7 heteroatoms. The standard InChI is InChI=1S/C23H27FN2O3S/c1-16-7-6-8-17(2)22(16)26-23(27)20-15-19(11-12-21(20)24)30(28,29)25-14-13-18-9-4-3-5-10-18/h6-9,11-12,15,25H,3-5,10,13-14H2,1-2H3,(H,26,27). The highest BCUT2D eigenvalue weighted by Crippen LogP contribution is 2.23. The number of amides is 1. The van der Waals surface area contributed by atoms with E-state index in [1.165, 1.54) is 18.1 Å². The topological polar surface area (TPSA) is 75.3 Å². The van der Waals surface area contributed by atoms with Gasteiger partial charge in [0.2, 0.25) is 10.0 Å². The molecule has 0 saturated heterocycles. The molecule has 30 heavy (non-hydrogen) atoms. The predicted octanol–water partition coefficient (Wildman–Crippen LogP) is 4.86. The van der Waals surface area contributed by atoms with Crippen LogP contribution in [0.15, 0.2) is 52.9 Å². The number of aryl methyl sites for hydroxylation is 2. The van der Waals surface area contributed by atoms with Crippen molar-refractivity contribution in [1.82, 2.24) is 4.72 Å². The van der Waals surface area contributed by atoms with Crippen LogP contribution in [0.3, 0.4) is 0 Å². The lowest BCUT2D eigenvalue weighted by atomic mass is 9.97. The molecule has 5 nitrogen and oxygen atoms in total. The number of rotatable bonds is 7. The lowest BCUT2D eigenvalue weighted by Crippen LogP contribution is -2.26. The molecule has 0 spiro atoms. The Morgan fingerprint density at radius 1 is 1.10 bits per heavy atom. The van der Waals surface area contributed by atoms with Crippen molar-refractivity contribution in [2.75, 3.05) is 11.9 Å². The largest absolute Gasteiger partial charge is 0.321 e. The van der Waals surface area contributed by atoms with E-state index in [9.17, 15) is 17.6 Å². The van der Waals surface area contributed by atoms with Gasteiger partial charge in [0.25, 0.3) is 5.91 Å². The highest BCUT2D eigenvalue weighted by atomic mass is 32.2. The molecule has 1 amide bonds. The number of nitrogens with one attached hydrogen (secondary N) is 2. The van der Waals surface area contributed by atoms with Gasteiger partial charge >= 0.3 is 0 Å². The van der Waals surface area contributed by atoms with E-state index in [1.54, 1.807) is 0 Å². The first kappa shape index (κ1) is 22.2. The maximum atomic E-state index is 14.3. The number of anilines is 1. The Bertz CT molecular complexity index is 1060. The molecule has 0 saturated carbocycles. The third kappa shape index (κ3) is 5.34. The molecule has 1 aliphatic carbocycles. The van der Waals surface area contributed by atoms with Gasteiger partial charge in [-0.2, -0.15) is 0 Å². The quantitative estimate of drug-likeness (QED) is 0.616. The Kier molecular flexibility index (Phi) is 7.05. The minimum absolute atomic E-state index is 0.131. The van der Waals surface area contributed by atoms with Crippen molar-refractivity contribution in [1.29, 1.82) is 0 Å². The van der Waals surface area contributed by atoms with Crippen LogP contribution in [0.25, 0.3) is 0 Å². The molecule has 1 aliphatic rings. The molecule has 0 bridgehead atoms. The zero-order valence-electron chi connectivity index (χ0n) is 17.3. The zero-order chi connectivity index (χ0) is 21.7. The summed E-state index contributed by atoms with van der Waals surface area (Å²) in [6.45, 7) is 3.95. The van der Waals surface area contributed by atoms with Crippen molar-refractivity contribution in [2.45, 2.75) is 50.8 Å². The van der Waals surface area contributed by atoms with Crippen LogP contribution in [0, 0.1) is 19.7 Å². The van der Waals surface area contributed by atoms with Gasteiger partial charge in [-0.1, -0.05) is 29.8 Å². The number of benzene rings is 2. The minimum atomic E-state index is -3.85. The van der Waals surface area contributed by atoms with Gasteiger partial charge in [0.15, 0.2) is 0 Å². The second-order valence-electron chi connectivity index (χ2n) is 7.62. The molecule has 0 fully saturated rings. The molecule has 0 aromatic heterocycles. The van der Waals surface area contributed by atoms with Crippen LogP contribution in [0.5, 0.6) is 0 Å². The average Bonchev–Trinajstić information content (AvgIpc) is 2.71. The normalized spacial score (nSPS) is 14.3. The highest BCUT2D eigenvalue weighted by molar-refractivity contribution is 7.89. The average molecular weight is 431 g/mol. The van der Waals surface area contributed by atoms with Crippen LogP contribution in [0.1, 0.15) is 53.6 Å². The van der Waals surface area contributed by atoms with Gasteiger partial charge in [-0.05, 0) is 75.3 Å². The minimum Gasteiger partial charge on any atom is -0.321 e. The first-order valence-electron chi connectivity index (χ1n) is 10.1. The summed E-state index contributed by atoms with van der Waals surface area (Å²) in [5.74, 6) is -1.46. The summed E-state index contributed by atoms with van der Waals surface area (Å²) in [6.07, 6.45) is 7.18. The summed E-state index contributed by atoms with van der Waals surface area (Å²) in [5, 5.41) is 2.70. The zero-order valence-corrected chi connectivity index (χ0v) is 18.1. The summed E-state index contributed by atoms with van der Waals surface area (Å²) < 4.78 is 42.2. The number of hydrogen-bond acceptors (Lipinski definition) is 3. The summed E-state index contributed by atoms with van der Waals surface area (Å²) in [6, 6.07) is 8.81. The lowest BCUT2D eigenvalue weighted by molar-refractivity contribution is 0.102. The van der Waals surface area contributed by atoms with Crippen LogP contribution in [-0.2, 0) is 10.0 Å². The first-order valence-corrected chi connectivity index (χ1v) is 11.6. The van der Waals surface area contributed by atoms with E-state index in [0.717, 1.165) is 42.5 Å². The van der Waals surface area contributed by atoms with Gasteiger partial charge in [-0.15, -0.1) is 0 Å². The predicted molar refractivity (Wildman–Crippen MR) is 117 cm³/mol. The smallest absolute Gasteiger partial charge is 0.258 e. The molecule has 0 heterocycles. The summed E-state index contributed by atoms with van der Waals surface area (Å²) >= 11 is 0. The molecule has 2 N–H and O–H groups in total. The number of para-hydroxylation sites is 1. The van der Waals surface area contributed by atoms with Crippen LogP contribution < -0.4 is 10.0 Å². The number of allylic oxidation sites excluding steroid dienone is 1. The molecule has 0 aliphatic heterocycles. The van der Waals surface area contributed by atoms with Crippen molar-refractivity contribution in [2.24, 2.45) is 0 Å². The van der Waals surface area contributed by atoms with Gasteiger partial charge in [0, 0.05) is 12.2 Å². The van der Waals surface area contributed by atoms with Crippen LogP contribution in [0.4, 0.5) is 10.1 Å². The van der Waals surface area contributed by atoms with Crippen LogP contribution in [0.2, 0.25) is 0 Å². The molecule has 2 aromatic carbocycles. The number of halogens is 1. The van der Waals surface area contributed by atoms with E-state index in [4.69, 9.17) is 0 Å². The van der Waals surface area contributed by atoms with Gasteiger partial charge in [-0.25, -0.2) is 17.5 Å². The third-order valence-electron chi connectivity index (χ3n) is 5.34. The van der Waals surface area contributed by atoms with Crippen molar-refractivity contribution in [3.8, 4) is 0 Å². The lowest BCUT2D eigenvalue weighted by Gasteiger charge is -2.14. The molecular weight excluding hydrogens is 403 g/mol. The van der Waals surface area contributed by atoms with Crippen molar-refractivity contribution in [3.05, 3.63) is 70.6 Å². The maximum Gasteiger partial charge on any atom is 0.258 e. The van der Waals surface area contributed by atoms with Gasteiger partial charge in [0.1, 0.15) is 5.82 Å². The highest BCUT2D eigenvalue weighted by Gasteiger charge is 2.20. The second-order valence-corrected chi connectivity index (χ2v) is 9.39. The molecule has 160 valence electrons. The maximum absolute atomic E-state index is 14.3. The Morgan fingerprint density at radius 3 is 2.50 bits per heavy atom. The van der Waals surface area contributed by atoms with Crippen LogP contribution in [-0.4, -0.2) is 20.9 Å². The van der Waals surface area contributed by atoms with Gasteiger partial charge < -0.3 is 5.32 Å². The number of hydrogen-bond donors (Lipinski definition) is 2. The third-order valence-corrected chi connectivity index (χ3v) is 6.79.